The van der Waals surface area contributed by atoms with E-state index in [1.165, 1.54) is 16.8 Å². The van der Waals surface area contributed by atoms with Crippen LogP contribution in [0.1, 0.15) is 71.8 Å². The van der Waals surface area contributed by atoms with Crippen molar-refractivity contribution < 1.29 is 23.9 Å². The molecule has 0 bridgehead atoms. The van der Waals surface area contributed by atoms with E-state index in [1.54, 1.807) is 27.7 Å². The molecule has 3 rings (SSSR count). The number of likely N-dealkylation sites (tertiary alicyclic amines) is 1. The lowest BCUT2D eigenvalue weighted by atomic mass is 9.83. The number of nitrogens with zero attached hydrogens (tertiary/aromatic N) is 2. The van der Waals surface area contributed by atoms with Gasteiger partial charge in [-0.3, -0.25) is 19.3 Å². The number of rotatable bonds is 8. The van der Waals surface area contributed by atoms with Crippen molar-refractivity contribution in [3.63, 3.8) is 0 Å². The Bertz CT molecular complexity index is 1010. The second kappa shape index (κ2) is 13.3. The highest BCUT2D eigenvalue weighted by molar-refractivity contribution is 5.94. The maximum absolute atomic E-state index is 14.0. The van der Waals surface area contributed by atoms with Gasteiger partial charge in [0.2, 0.25) is 17.7 Å². The Labute approximate surface area is 232 Å². The van der Waals surface area contributed by atoms with Crippen LogP contribution in [0.3, 0.4) is 0 Å². The molecule has 10 heteroatoms. The van der Waals surface area contributed by atoms with Crippen molar-refractivity contribution in [2.75, 3.05) is 13.6 Å². The zero-order chi connectivity index (χ0) is 28.7. The molecule has 1 aromatic carbocycles. The largest absolute Gasteiger partial charge is 0.444 e. The molecule has 3 unspecified atom stereocenters. The molecule has 10 nitrogen and oxygen atoms in total. The molecule has 2 aliphatic rings. The minimum absolute atomic E-state index is 0.0564. The second-order valence-electron chi connectivity index (χ2n) is 11.9. The van der Waals surface area contributed by atoms with Crippen molar-refractivity contribution in [3.05, 3.63) is 35.9 Å². The Hall–Kier alpha value is -3.14. The lowest BCUT2D eigenvalue weighted by Crippen LogP contribution is -2.59. The molecule has 1 aliphatic carbocycles. The summed E-state index contributed by atoms with van der Waals surface area (Å²) in [5, 5.41) is 5.88. The van der Waals surface area contributed by atoms with Gasteiger partial charge in [-0.25, -0.2) is 4.79 Å². The first kappa shape index (κ1) is 30.4. The lowest BCUT2D eigenvalue weighted by Gasteiger charge is -2.36. The third-order valence-electron chi connectivity index (χ3n) is 7.56. The van der Waals surface area contributed by atoms with Crippen molar-refractivity contribution in [1.82, 2.24) is 20.4 Å². The van der Waals surface area contributed by atoms with E-state index in [4.69, 9.17) is 10.5 Å². The van der Waals surface area contributed by atoms with Gasteiger partial charge in [0.05, 0.1) is 0 Å². The SMILES string of the molecule is C[C@@H](C(=O)NC(C(=O)N1CC(N)CC1C(=O)NCc1ccccc1)C1CCCCC1)N(C)C(=O)OC(C)(C)C. The number of likely N-dealkylation sites (N-methyl/N-ethyl adjacent to an activating group) is 1. The number of carbonyl (C=O) groups is 4. The summed E-state index contributed by atoms with van der Waals surface area (Å²) in [6.07, 6.45) is 4.37. The van der Waals surface area contributed by atoms with E-state index in [9.17, 15) is 19.2 Å². The molecule has 1 saturated carbocycles. The summed E-state index contributed by atoms with van der Waals surface area (Å²) in [5.74, 6) is -1.05. The maximum atomic E-state index is 14.0. The fourth-order valence-electron chi connectivity index (χ4n) is 5.23. The fourth-order valence-corrected chi connectivity index (χ4v) is 5.23. The van der Waals surface area contributed by atoms with E-state index in [0.29, 0.717) is 13.0 Å². The first-order valence-corrected chi connectivity index (χ1v) is 14.0. The molecule has 4 atom stereocenters. The zero-order valence-corrected chi connectivity index (χ0v) is 23.9. The molecule has 2 fully saturated rings. The van der Waals surface area contributed by atoms with Crippen molar-refractivity contribution in [1.29, 1.82) is 0 Å². The van der Waals surface area contributed by atoms with E-state index in [-0.39, 0.29) is 30.3 Å². The minimum atomic E-state index is -0.857. The minimum Gasteiger partial charge on any atom is -0.444 e. The van der Waals surface area contributed by atoms with Crippen LogP contribution < -0.4 is 16.4 Å². The lowest BCUT2D eigenvalue weighted by molar-refractivity contribution is -0.143. The summed E-state index contributed by atoms with van der Waals surface area (Å²) in [6.45, 7) is 7.48. The molecule has 0 aromatic heterocycles. The summed E-state index contributed by atoms with van der Waals surface area (Å²) in [6, 6.07) is 6.87. The highest BCUT2D eigenvalue weighted by atomic mass is 16.6. The number of amides is 4. The second-order valence-corrected chi connectivity index (χ2v) is 11.9. The number of hydrogen-bond acceptors (Lipinski definition) is 6. The van der Waals surface area contributed by atoms with Gasteiger partial charge in [-0.2, -0.15) is 0 Å². The van der Waals surface area contributed by atoms with Gasteiger partial charge in [-0.05, 0) is 58.4 Å². The van der Waals surface area contributed by atoms with Gasteiger partial charge in [0.25, 0.3) is 0 Å². The number of ether oxygens (including phenoxy) is 1. The monoisotopic (exact) mass is 543 g/mol. The Kier molecular flexibility index (Phi) is 10.4. The van der Waals surface area contributed by atoms with Gasteiger partial charge in [-0.1, -0.05) is 49.6 Å². The number of carbonyl (C=O) groups excluding carboxylic acids is 4. The van der Waals surface area contributed by atoms with Crippen molar-refractivity contribution in [2.24, 2.45) is 11.7 Å². The van der Waals surface area contributed by atoms with Crippen molar-refractivity contribution in [3.8, 4) is 0 Å². The predicted molar refractivity (Wildman–Crippen MR) is 148 cm³/mol. The summed E-state index contributed by atoms with van der Waals surface area (Å²) < 4.78 is 5.40. The van der Waals surface area contributed by atoms with Crippen LogP contribution >= 0.6 is 0 Å². The molecule has 4 amide bonds. The summed E-state index contributed by atoms with van der Waals surface area (Å²) in [5.41, 5.74) is 6.49. The van der Waals surface area contributed by atoms with Gasteiger partial charge in [0, 0.05) is 26.2 Å². The Morgan fingerprint density at radius 1 is 1.10 bits per heavy atom. The van der Waals surface area contributed by atoms with Crippen molar-refractivity contribution in [2.45, 2.75) is 103 Å². The van der Waals surface area contributed by atoms with Crippen LogP contribution in [0.4, 0.5) is 4.79 Å². The molecule has 1 heterocycles. The summed E-state index contributed by atoms with van der Waals surface area (Å²) in [4.78, 5) is 55.8. The Morgan fingerprint density at radius 3 is 2.36 bits per heavy atom. The molecule has 1 aliphatic heterocycles. The van der Waals surface area contributed by atoms with E-state index < -0.39 is 35.7 Å². The van der Waals surface area contributed by atoms with Gasteiger partial charge in [-0.15, -0.1) is 0 Å². The molecule has 216 valence electrons. The Morgan fingerprint density at radius 2 is 1.74 bits per heavy atom. The topological polar surface area (TPSA) is 134 Å². The van der Waals surface area contributed by atoms with Crippen LogP contribution in [0.15, 0.2) is 30.3 Å². The first-order chi connectivity index (χ1) is 18.4. The molecular formula is C29H45N5O5. The fraction of sp³-hybridized carbons (Fsp3) is 0.655. The summed E-state index contributed by atoms with van der Waals surface area (Å²) in [7, 11) is 1.50. The number of hydrogen-bond donors (Lipinski definition) is 3. The van der Waals surface area contributed by atoms with Gasteiger partial charge < -0.3 is 26.0 Å². The number of nitrogens with one attached hydrogen (secondary N) is 2. The van der Waals surface area contributed by atoms with Crippen LogP contribution in [-0.2, 0) is 25.7 Å². The highest BCUT2D eigenvalue weighted by Crippen LogP contribution is 2.29. The van der Waals surface area contributed by atoms with Crippen LogP contribution in [-0.4, -0.2) is 77.0 Å². The van der Waals surface area contributed by atoms with E-state index in [1.807, 2.05) is 30.3 Å². The molecular weight excluding hydrogens is 498 g/mol. The molecule has 0 radical (unpaired) electrons. The number of benzene rings is 1. The van der Waals surface area contributed by atoms with Crippen LogP contribution in [0.5, 0.6) is 0 Å². The smallest absolute Gasteiger partial charge is 0.410 e. The van der Waals surface area contributed by atoms with Crippen molar-refractivity contribution >= 4 is 23.8 Å². The van der Waals surface area contributed by atoms with E-state index >= 15 is 0 Å². The predicted octanol–water partition coefficient (Wildman–Crippen LogP) is 2.55. The maximum Gasteiger partial charge on any atom is 0.410 e. The normalized spacial score (nSPS) is 21.5. The van der Waals surface area contributed by atoms with Gasteiger partial charge in [0.15, 0.2) is 0 Å². The van der Waals surface area contributed by atoms with Crippen LogP contribution in [0.25, 0.3) is 0 Å². The van der Waals surface area contributed by atoms with Gasteiger partial charge in [0.1, 0.15) is 23.7 Å². The highest BCUT2D eigenvalue weighted by Gasteiger charge is 2.43. The molecule has 1 saturated heterocycles. The standard InChI is InChI=1S/C29H45N5O5/c1-19(33(5)28(38)39-29(2,3)4)25(35)32-24(21-14-10-7-11-15-21)27(37)34-18-22(30)16-23(34)26(36)31-17-20-12-8-6-9-13-20/h6,8-9,12-13,19,21-24H,7,10-11,14-18,30H2,1-5H3,(H,31,36)(H,32,35)/t19-,22?,23?,24?/m0/s1. The van der Waals surface area contributed by atoms with Gasteiger partial charge >= 0.3 is 6.09 Å². The molecule has 39 heavy (non-hydrogen) atoms. The average Bonchev–Trinajstić information content (AvgIpc) is 3.30. The third-order valence-corrected chi connectivity index (χ3v) is 7.56. The average molecular weight is 544 g/mol. The quantitative estimate of drug-likeness (QED) is 0.461. The first-order valence-electron chi connectivity index (χ1n) is 14.0. The van der Waals surface area contributed by atoms with E-state index in [0.717, 1.165) is 37.7 Å². The molecule has 0 spiro atoms. The number of nitrogens with two attached hydrogens (primary N) is 1. The molecule has 1 aromatic rings. The molecule has 4 N–H and O–H groups in total. The third kappa shape index (κ3) is 8.42. The van der Waals surface area contributed by atoms with Crippen LogP contribution in [0, 0.1) is 5.92 Å². The summed E-state index contributed by atoms with van der Waals surface area (Å²) >= 11 is 0. The Balaban J connectivity index is 1.74. The van der Waals surface area contributed by atoms with Crippen LogP contribution in [0.2, 0.25) is 0 Å². The van der Waals surface area contributed by atoms with E-state index in [2.05, 4.69) is 10.6 Å². The zero-order valence-electron chi connectivity index (χ0n) is 23.9.